The second-order valence-electron chi connectivity index (χ2n) is 3.57. The molecule has 0 fully saturated rings. The van der Waals surface area contributed by atoms with Gasteiger partial charge in [0.2, 0.25) is 0 Å². The first-order valence-electron chi connectivity index (χ1n) is 4.03. The van der Waals surface area contributed by atoms with Gasteiger partial charge in [-0.05, 0) is 11.6 Å². The molecule has 0 spiro atoms. The zero-order valence-corrected chi connectivity index (χ0v) is 8.23. The number of nitrogens with two attached hydrogens (primary N) is 1. The van der Waals surface area contributed by atoms with E-state index in [0.29, 0.717) is 6.54 Å². The van der Waals surface area contributed by atoms with Crippen LogP contribution in [0, 0.1) is 0 Å². The van der Waals surface area contributed by atoms with Crippen molar-refractivity contribution < 1.29 is 0 Å². The number of hydrogen-bond acceptors (Lipinski definition) is 1. The van der Waals surface area contributed by atoms with Gasteiger partial charge in [-0.2, -0.15) is 0 Å². The molecule has 0 aliphatic rings. The van der Waals surface area contributed by atoms with Crippen LogP contribution in [0.2, 0.25) is 5.02 Å². The average Bonchev–Trinajstić information content (AvgIpc) is 2.05. The SMILES string of the molecule is CC(C)(CN)c1ccccc1Cl. The second kappa shape index (κ2) is 3.46. The number of benzene rings is 1. The fraction of sp³-hybridized carbons (Fsp3) is 0.400. The Morgan fingerprint density at radius 3 is 2.42 bits per heavy atom. The van der Waals surface area contributed by atoms with Crippen molar-refractivity contribution in [3.8, 4) is 0 Å². The van der Waals surface area contributed by atoms with Gasteiger partial charge in [0, 0.05) is 17.0 Å². The maximum Gasteiger partial charge on any atom is 0.0443 e. The highest BCUT2D eigenvalue weighted by atomic mass is 35.5. The van der Waals surface area contributed by atoms with Crippen LogP contribution in [0.4, 0.5) is 0 Å². The molecule has 0 aromatic heterocycles. The summed E-state index contributed by atoms with van der Waals surface area (Å²) in [4.78, 5) is 0. The van der Waals surface area contributed by atoms with Gasteiger partial charge in [-0.3, -0.25) is 0 Å². The molecule has 0 aliphatic carbocycles. The summed E-state index contributed by atoms with van der Waals surface area (Å²) < 4.78 is 0. The zero-order chi connectivity index (χ0) is 9.19. The van der Waals surface area contributed by atoms with Gasteiger partial charge in [0.25, 0.3) is 0 Å². The first kappa shape index (κ1) is 9.56. The maximum atomic E-state index is 6.03. The van der Waals surface area contributed by atoms with E-state index >= 15 is 0 Å². The van der Waals surface area contributed by atoms with E-state index in [4.69, 9.17) is 17.3 Å². The van der Waals surface area contributed by atoms with E-state index < -0.39 is 0 Å². The molecular formula is C10H14ClN. The van der Waals surface area contributed by atoms with Gasteiger partial charge in [-0.1, -0.05) is 43.6 Å². The summed E-state index contributed by atoms with van der Waals surface area (Å²) in [6.45, 7) is 4.79. The van der Waals surface area contributed by atoms with Crippen LogP contribution >= 0.6 is 11.6 Å². The lowest BCUT2D eigenvalue weighted by Crippen LogP contribution is -2.28. The molecule has 0 heterocycles. The third-order valence-corrected chi connectivity index (χ3v) is 2.44. The third-order valence-electron chi connectivity index (χ3n) is 2.11. The van der Waals surface area contributed by atoms with Crippen LogP contribution in [0.5, 0.6) is 0 Å². The molecule has 0 bridgehead atoms. The van der Waals surface area contributed by atoms with Crippen molar-refractivity contribution in [2.24, 2.45) is 5.73 Å². The Bertz CT molecular complexity index is 268. The molecule has 2 heteroatoms. The highest BCUT2D eigenvalue weighted by molar-refractivity contribution is 6.31. The molecule has 0 amide bonds. The standard InChI is InChI=1S/C10H14ClN/c1-10(2,7-12)8-5-3-4-6-9(8)11/h3-6H,7,12H2,1-2H3. The lowest BCUT2D eigenvalue weighted by Gasteiger charge is -2.23. The minimum absolute atomic E-state index is 0.0294. The number of hydrogen-bond donors (Lipinski definition) is 1. The molecule has 1 aromatic carbocycles. The molecule has 66 valence electrons. The fourth-order valence-corrected chi connectivity index (χ4v) is 1.51. The van der Waals surface area contributed by atoms with E-state index in [1.165, 1.54) is 0 Å². The van der Waals surface area contributed by atoms with Gasteiger partial charge in [0.15, 0.2) is 0 Å². The van der Waals surface area contributed by atoms with Crippen LogP contribution in [-0.4, -0.2) is 6.54 Å². The molecule has 1 nitrogen and oxygen atoms in total. The Labute approximate surface area is 78.5 Å². The zero-order valence-electron chi connectivity index (χ0n) is 7.47. The Morgan fingerprint density at radius 1 is 1.33 bits per heavy atom. The molecule has 2 N–H and O–H groups in total. The lowest BCUT2D eigenvalue weighted by atomic mass is 9.85. The molecule has 0 unspecified atom stereocenters. The third kappa shape index (κ3) is 1.79. The molecule has 0 atom stereocenters. The summed E-state index contributed by atoms with van der Waals surface area (Å²) >= 11 is 6.03. The highest BCUT2D eigenvalue weighted by Crippen LogP contribution is 2.28. The quantitative estimate of drug-likeness (QED) is 0.750. The average molecular weight is 184 g/mol. The first-order chi connectivity index (χ1) is 5.58. The molecule has 0 radical (unpaired) electrons. The molecule has 12 heavy (non-hydrogen) atoms. The van der Waals surface area contributed by atoms with Gasteiger partial charge < -0.3 is 5.73 Å². The Morgan fingerprint density at radius 2 is 1.92 bits per heavy atom. The molecule has 1 aromatic rings. The van der Waals surface area contributed by atoms with E-state index in [9.17, 15) is 0 Å². The van der Waals surface area contributed by atoms with Gasteiger partial charge in [0.05, 0.1) is 0 Å². The van der Waals surface area contributed by atoms with Crippen LogP contribution in [0.1, 0.15) is 19.4 Å². The van der Waals surface area contributed by atoms with Gasteiger partial charge in [-0.25, -0.2) is 0 Å². The van der Waals surface area contributed by atoms with Crippen molar-refractivity contribution in [1.82, 2.24) is 0 Å². The molecule has 1 rings (SSSR count). The molecule has 0 saturated heterocycles. The van der Waals surface area contributed by atoms with E-state index in [1.54, 1.807) is 0 Å². The minimum Gasteiger partial charge on any atom is -0.330 e. The van der Waals surface area contributed by atoms with Crippen molar-refractivity contribution in [3.05, 3.63) is 34.9 Å². The van der Waals surface area contributed by atoms with E-state index in [0.717, 1.165) is 10.6 Å². The Kier molecular flexibility index (Phi) is 2.76. The van der Waals surface area contributed by atoms with Crippen LogP contribution in [0.25, 0.3) is 0 Å². The van der Waals surface area contributed by atoms with Crippen LogP contribution in [0.3, 0.4) is 0 Å². The number of halogens is 1. The van der Waals surface area contributed by atoms with E-state index in [1.807, 2.05) is 24.3 Å². The Hall–Kier alpha value is -0.530. The minimum atomic E-state index is -0.0294. The van der Waals surface area contributed by atoms with Crippen molar-refractivity contribution >= 4 is 11.6 Å². The van der Waals surface area contributed by atoms with Crippen molar-refractivity contribution in [3.63, 3.8) is 0 Å². The first-order valence-corrected chi connectivity index (χ1v) is 4.41. The predicted octanol–water partition coefficient (Wildman–Crippen LogP) is 2.58. The molecule has 0 aliphatic heterocycles. The summed E-state index contributed by atoms with van der Waals surface area (Å²) in [6, 6.07) is 7.83. The Balaban J connectivity index is 3.10. The van der Waals surface area contributed by atoms with Gasteiger partial charge in [0.1, 0.15) is 0 Å². The summed E-state index contributed by atoms with van der Waals surface area (Å²) in [5.41, 5.74) is 6.74. The van der Waals surface area contributed by atoms with Gasteiger partial charge >= 0.3 is 0 Å². The summed E-state index contributed by atoms with van der Waals surface area (Å²) in [5, 5.41) is 0.799. The topological polar surface area (TPSA) is 26.0 Å². The second-order valence-corrected chi connectivity index (χ2v) is 3.98. The van der Waals surface area contributed by atoms with Gasteiger partial charge in [-0.15, -0.1) is 0 Å². The smallest absolute Gasteiger partial charge is 0.0443 e. The van der Waals surface area contributed by atoms with Crippen LogP contribution in [0.15, 0.2) is 24.3 Å². The van der Waals surface area contributed by atoms with Crippen molar-refractivity contribution in [1.29, 1.82) is 0 Å². The van der Waals surface area contributed by atoms with Crippen LogP contribution in [-0.2, 0) is 5.41 Å². The van der Waals surface area contributed by atoms with Crippen LogP contribution < -0.4 is 5.73 Å². The highest BCUT2D eigenvalue weighted by Gasteiger charge is 2.20. The summed E-state index contributed by atoms with van der Waals surface area (Å²) in [6.07, 6.45) is 0. The van der Waals surface area contributed by atoms with Crippen molar-refractivity contribution in [2.75, 3.05) is 6.54 Å². The predicted molar refractivity (Wildman–Crippen MR) is 53.5 cm³/mol. The monoisotopic (exact) mass is 183 g/mol. The maximum absolute atomic E-state index is 6.03. The normalized spacial score (nSPS) is 11.7. The lowest BCUT2D eigenvalue weighted by molar-refractivity contribution is 0.539. The molecular weight excluding hydrogens is 170 g/mol. The number of rotatable bonds is 2. The van der Waals surface area contributed by atoms with Crippen molar-refractivity contribution in [2.45, 2.75) is 19.3 Å². The van der Waals surface area contributed by atoms with E-state index in [-0.39, 0.29) is 5.41 Å². The fourth-order valence-electron chi connectivity index (χ4n) is 1.12. The van der Waals surface area contributed by atoms with E-state index in [2.05, 4.69) is 13.8 Å². The summed E-state index contributed by atoms with van der Waals surface area (Å²) in [5.74, 6) is 0. The molecule has 0 saturated carbocycles. The largest absolute Gasteiger partial charge is 0.330 e. The summed E-state index contributed by atoms with van der Waals surface area (Å²) in [7, 11) is 0.